The average Bonchev–Trinajstić information content (AvgIpc) is 3.12. The van der Waals surface area contributed by atoms with E-state index in [2.05, 4.69) is 15.4 Å². The summed E-state index contributed by atoms with van der Waals surface area (Å²) in [5.41, 5.74) is 1.19. The second kappa shape index (κ2) is 7.01. The third-order valence-electron chi connectivity index (χ3n) is 3.59. The normalized spacial score (nSPS) is 10.4. The number of non-ortho nitro benzene ring substituents is 1. The number of rotatable bonds is 5. The number of amides is 1. The van der Waals surface area contributed by atoms with Crippen molar-refractivity contribution in [3.8, 4) is 5.69 Å². The van der Waals surface area contributed by atoms with E-state index in [1.807, 2.05) is 19.0 Å². The number of pyridine rings is 1. The first-order chi connectivity index (χ1) is 12.4. The molecule has 1 amide bonds. The smallest absolute Gasteiger partial charge is 0.276 e. The number of nitro benzene ring substituents is 1. The molecule has 0 aliphatic heterocycles. The van der Waals surface area contributed by atoms with E-state index in [1.54, 1.807) is 36.7 Å². The van der Waals surface area contributed by atoms with Gasteiger partial charge in [0, 0.05) is 32.4 Å². The van der Waals surface area contributed by atoms with Gasteiger partial charge in [-0.15, -0.1) is 0 Å². The topological polar surface area (TPSA) is 106 Å². The molecule has 0 aliphatic rings. The molecule has 0 fully saturated rings. The van der Waals surface area contributed by atoms with E-state index in [0.717, 1.165) is 5.82 Å². The molecule has 0 atom stereocenters. The van der Waals surface area contributed by atoms with E-state index < -0.39 is 10.8 Å². The number of aromatic nitrogens is 3. The number of hydrogen-bond donors (Lipinski definition) is 1. The lowest BCUT2D eigenvalue weighted by Crippen LogP contribution is -2.14. The molecular weight excluding hydrogens is 336 g/mol. The summed E-state index contributed by atoms with van der Waals surface area (Å²) < 4.78 is 1.41. The summed E-state index contributed by atoms with van der Waals surface area (Å²) in [5.74, 6) is 0.381. The summed E-state index contributed by atoms with van der Waals surface area (Å²) in [4.78, 5) is 28.8. The standard InChI is InChI=1S/C17H16N6O3/c1-21(2)16-7-6-12(11-18-16)19-17(24)15-8-9-22(20-15)13-4-3-5-14(10-13)23(25)26/h3-11H,1-2H3,(H,19,24). The van der Waals surface area contributed by atoms with Gasteiger partial charge in [0.15, 0.2) is 5.69 Å². The highest BCUT2D eigenvalue weighted by molar-refractivity contribution is 6.02. The molecule has 2 heterocycles. The van der Waals surface area contributed by atoms with Crippen LogP contribution in [0.15, 0.2) is 54.9 Å². The van der Waals surface area contributed by atoms with Crippen molar-refractivity contribution in [1.82, 2.24) is 14.8 Å². The monoisotopic (exact) mass is 352 g/mol. The number of carbonyl (C=O) groups excluding carboxylic acids is 1. The quantitative estimate of drug-likeness (QED) is 0.558. The van der Waals surface area contributed by atoms with Crippen LogP contribution in [0.25, 0.3) is 5.69 Å². The van der Waals surface area contributed by atoms with Gasteiger partial charge in [0.05, 0.1) is 22.5 Å². The van der Waals surface area contributed by atoms with Gasteiger partial charge in [-0.05, 0) is 24.3 Å². The Morgan fingerprint density at radius 2 is 2.04 bits per heavy atom. The van der Waals surface area contributed by atoms with Gasteiger partial charge in [0.1, 0.15) is 5.82 Å². The Morgan fingerprint density at radius 1 is 1.23 bits per heavy atom. The second-order valence-electron chi connectivity index (χ2n) is 5.68. The maximum atomic E-state index is 12.3. The first kappa shape index (κ1) is 17.1. The highest BCUT2D eigenvalue weighted by atomic mass is 16.6. The van der Waals surface area contributed by atoms with Crippen LogP contribution in [0.5, 0.6) is 0 Å². The Balaban J connectivity index is 1.75. The number of nitro groups is 1. The number of nitrogens with zero attached hydrogens (tertiary/aromatic N) is 5. The van der Waals surface area contributed by atoms with Crippen LogP contribution in [0.4, 0.5) is 17.2 Å². The Hall–Kier alpha value is -3.75. The zero-order valence-electron chi connectivity index (χ0n) is 14.2. The van der Waals surface area contributed by atoms with E-state index in [9.17, 15) is 14.9 Å². The summed E-state index contributed by atoms with van der Waals surface area (Å²) in [6.45, 7) is 0. The zero-order chi connectivity index (χ0) is 18.7. The van der Waals surface area contributed by atoms with Gasteiger partial charge in [-0.2, -0.15) is 5.10 Å². The van der Waals surface area contributed by atoms with Crippen molar-refractivity contribution in [3.63, 3.8) is 0 Å². The summed E-state index contributed by atoms with van der Waals surface area (Å²) in [7, 11) is 3.75. The fourth-order valence-corrected chi connectivity index (χ4v) is 2.26. The van der Waals surface area contributed by atoms with Crippen molar-refractivity contribution < 1.29 is 9.72 Å². The molecule has 0 radical (unpaired) electrons. The number of nitrogens with one attached hydrogen (secondary N) is 1. The van der Waals surface area contributed by atoms with Crippen molar-refractivity contribution in [2.75, 3.05) is 24.3 Å². The van der Waals surface area contributed by atoms with Crippen molar-refractivity contribution >= 4 is 23.1 Å². The van der Waals surface area contributed by atoms with Crippen molar-refractivity contribution in [2.24, 2.45) is 0 Å². The van der Waals surface area contributed by atoms with Crippen LogP contribution < -0.4 is 10.2 Å². The number of benzene rings is 1. The number of anilines is 2. The van der Waals surface area contributed by atoms with Gasteiger partial charge >= 0.3 is 0 Å². The SMILES string of the molecule is CN(C)c1ccc(NC(=O)c2ccn(-c3cccc([N+](=O)[O-])c3)n2)cn1. The number of hydrogen-bond acceptors (Lipinski definition) is 6. The lowest BCUT2D eigenvalue weighted by atomic mass is 10.3. The summed E-state index contributed by atoms with van der Waals surface area (Å²) in [6, 6.07) is 11.1. The van der Waals surface area contributed by atoms with Crippen molar-refractivity contribution in [2.45, 2.75) is 0 Å². The fourth-order valence-electron chi connectivity index (χ4n) is 2.26. The molecule has 0 unspecified atom stereocenters. The molecule has 0 saturated carbocycles. The van der Waals surface area contributed by atoms with E-state index in [4.69, 9.17) is 0 Å². The van der Waals surface area contributed by atoms with Crippen LogP contribution >= 0.6 is 0 Å². The van der Waals surface area contributed by atoms with Crippen LogP contribution in [-0.2, 0) is 0 Å². The highest BCUT2D eigenvalue weighted by Gasteiger charge is 2.13. The van der Waals surface area contributed by atoms with E-state index >= 15 is 0 Å². The highest BCUT2D eigenvalue weighted by Crippen LogP contribution is 2.17. The number of carbonyl (C=O) groups is 1. The maximum absolute atomic E-state index is 12.3. The molecule has 0 aliphatic carbocycles. The Labute approximate surface area is 149 Å². The minimum Gasteiger partial charge on any atom is -0.363 e. The first-order valence-corrected chi connectivity index (χ1v) is 7.69. The summed E-state index contributed by atoms with van der Waals surface area (Å²) in [5, 5.41) is 17.8. The minimum absolute atomic E-state index is 0.0453. The molecule has 9 nitrogen and oxygen atoms in total. The average molecular weight is 352 g/mol. The third-order valence-corrected chi connectivity index (χ3v) is 3.59. The van der Waals surface area contributed by atoms with Crippen molar-refractivity contribution in [1.29, 1.82) is 0 Å². The second-order valence-corrected chi connectivity index (χ2v) is 5.68. The molecular formula is C17H16N6O3. The van der Waals surface area contributed by atoms with Crippen LogP contribution in [-0.4, -0.2) is 39.7 Å². The van der Waals surface area contributed by atoms with Crippen molar-refractivity contribution in [3.05, 3.63) is 70.7 Å². The Kier molecular flexibility index (Phi) is 4.61. The predicted molar refractivity (Wildman–Crippen MR) is 96.7 cm³/mol. The molecule has 3 rings (SSSR count). The zero-order valence-corrected chi connectivity index (χ0v) is 14.2. The van der Waals surface area contributed by atoms with Gasteiger partial charge in [0.2, 0.25) is 0 Å². The Morgan fingerprint density at radius 3 is 2.69 bits per heavy atom. The molecule has 2 aromatic heterocycles. The van der Waals surface area contributed by atoms with Gasteiger partial charge in [0.25, 0.3) is 11.6 Å². The van der Waals surface area contributed by atoms with Crippen LogP contribution in [0.2, 0.25) is 0 Å². The lowest BCUT2D eigenvalue weighted by molar-refractivity contribution is -0.384. The largest absolute Gasteiger partial charge is 0.363 e. The third kappa shape index (κ3) is 3.66. The van der Waals surface area contributed by atoms with Gasteiger partial charge in [-0.3, -0.25) is 14.9 Å². The minimum atomic E-state index is -0.481. The molecule has 0 saturated heterocycles. The molecule has 3 aromatic rings. The molecule has 1 aromatic carbocycles. The summed E-state index contributed by atoms with van der Waals surface area (Å²) in [6.07, 6.45) is 3.13. The van der Waals surface area contributed by atoms with Crippen LogP contribution in [0.1, 0.15) is 10.5 Å². The molecule has 132 valence electrons. The lowest BCUT2D eigenvalue weighted by Gasteiger charge is -2.11. The molecule has 26 heavy (non-hydrogen) atoms. The maximum Gasteiger partial charge on any atom is 0.276 e. The van der Waals surface area contributed by atoms with Crippen LogP contribution in [0.3, 0.4) is 0 Å². The summed E-state index contributed by atoms with van der Waals surface area (Å²) >= 11 is 0. The van der Waals surface area contributed by atoms with E-state index in [1.165, 1.54) is 22.9 Å². The first-order valence-electron chi connectivity index (χ1n) is 7.69. The van der Waals surface area contributed by atoms with Crippen LogP contribution in [0, 0.1) is 10.1 Å². The van der Waals surface area contributed by atoms with E-state index in [0.29, 0.717) is 11.4 Å². The predicted octanol–water partition coefficient (Wildman–Crippen LogP) is 2.49. The van der Waals surface area contributed by atoms with E-state index in [-0.39, 0.29) is 11.4 Å². The van der Waals surface area contributed by atoms with Gasteiger partial charge < -0.3 is 10.2 Å². The molecule has 0 bridgehead atoms. The molecule has 9 heteroatoms. The fraction of sp³-hybridized carbons (Fsp3) is 0.118. The van der Waals surface area contributed by atoms with Gasteiger partial charge in [-0.1, -0.05) is 6.07 Å². The molecule has 0 spiro atoms. The Bertz CT molecular complexity index is 949. The van der Waals surface area contributed by atoms with Gasteiger partial charge in [-0.25, -0.2) is 9.67 Å². The molecule has 1 N–H and O–H groups in total.